The average Bonchev–Trinajstić information content (AvgIpc) is 3.37. The van der Waals surface area contributed by atoms with Crippen molar-refractivity contribution in [1.29, 1.82) is 0 Å². The van der Waals surface area contributed by atoms with Crippen molar-refractivity contribution < 1.29 is 17.7 Å². The number of anilines is 2. The minimum absolute atomic E-state index is 0.309. The largest absolute Gasteiger partial charge is 0.379 e. The Morgan fingerprint density at radius 2 is 1.83 bits per heavy atom. The fraction of sp³-hybridized carbons (Fsp3) is 0.550. The van der Waals surface area contributed by atoms with Gasteiger partial charge in [-0.3, -0.25) is 0 Å². The third-order valence-corrected chi connectivity index (χ3v) is 7.55. The van der Waals surface area contributed by atoms with Crippen LogP contribution < -0.4 is 10.2 Å². The first-order valence-electron chi connectivity index (χ1n) is 10.1. The van der Waals surface area contributed by atoms with Gasteiger partial charge in [-0.05, 0) is 44.9 Å². The van der Waals surface area contributed by atoms with E-state index in [1.165, 1.54) is 4.31 Å². The molecule has 0 spiro atoms. The molecule has 4 rings (SSSR count). The molecule has 3 heterocycles. The summed E-state index contributed by atoms with van der Waals surface area (Å²) < 4.78 is 38.3. The minimum Gasteiger partial charge on any atom is -0.379 e. The predicted octanol–water partition coefficient (Wildman–Crippen LogP) is 2.52. The van der Waals surface area contributed by atoms with Crippen molar-refractivity contribution in [3.8, 4) is 0 Å². The number of aryl methyl sites for hydroxylation is 2. The molecule has 1 N–H and O–H groups in total. The van der Waals surface area contributed by atoms with Gasteiger partial charge >= 0.3 is 0 Å². The molecule has 158 valence electrons. The molecule has 0 radical (unpaired) electrons. The number of morpholine rings is 1. The third kappa shape index (κ3) is 4.12. The molecule has 1 aromatic heterocycles. The molecule has 0 atom stereocenters. The molecule has 2 aromatic rings. The molecule has 0 bridgehead atoms. The number of ether oxygens (including phenoxy) is 1. The first kappa shape index (κ1) is 20.2. The summed E-state index contributed by atoms with van der Waals surface area (Å²) in [5.41, 5.74) is 3.70. The molecule has 0 saturated carbocycles. The normalized spacial score (nSPS) is 18.3. The van der Waals surface area contributed by atoms with Gasteiger partial charge < -0.3 is 19.5 Å². The zero-order chi connectivity index (χ0) is 20.4. The summed E-state index contributed by atoms with van der Waals surface area (Å²) in [7, 11) is -3.55. The number of hydrogen-bond donors (Lipinski definition) is 1. The van der Waals surface area contributed by atoms with Gasteiger partial charge in [0, 0.05) is 38.3 Å². The lowest BCUT2D eigenvalue weighted by Crippen LogP contribution is -2.40. The molecule has 0 aliphatic carbocycles. The van der Waals surface area contributed by atoms with E-state index in [-0.39, 0.29) is 0 Å². The van der Waals surface area contributed by atoms with Gasteiger partial charge in [0.1, 0.15) is 5.76 Å². The summed E-state index contributed by atoms with van der Waals surface area (Å²) in [6, 6.07) is 5.41. The molecule has 2 fully saturated rings. The van der Waals surface area contributed by atoms with E-state index in [2.05, 4.69) is 15.4 Å². The molecule has 0 unspecified atom stereocenters. The molecule has 9 heteroatoms. The molecule has 2 saturated heterocycles. The highest BCUT2D eigenvalue weighted by atomic mass is 32.2. The van der Waals surface area contributed by atoms with E-state index in [1.54, 1.807) is 12.1 Å². The lowest BCUT2D eigenvalue weighted by atomic mass is 10.2. The quantitative estimate of drug-likeness (QED) is 0.768. The monoisotopic (exact) mass is 420 g/mol. The molecule has 1 aromatic carbocycles. The highest BCUT2D eigenvalue weighted by Gasteiger charge is 2.28. The molecule has 0 amide bonds. The zero-order valence-corrected chi connectivity index (χ0v) is 17.8. The van der Waals surface area contributed by atoms with Gasteiger partial charge in [-0.25, -0.2) is 8.42 Å². The fourth-order valence-corrected chi connectivity index (χ4v) is 5.36. The molecule has 29 heavy (non-hydrogen) atoms. The SMILES string of the molecule is Cc1noc(C)c1CNc1cc(S(=O)(=O)N2CCOCC2)ccc1N1CCCC1. The average molecular weight is 421 g/mol. The van der Waals surface area contributed by atoms with Crippen molar-refractivity contribution in [2.24, 2.45) is 0 Å². The highest BCUT2D eigenvalue weighted by molar-refractivity contribution is 7.89. The van der Waals surface area contributed by atoms with Crippen LogP contribution >= 0.6 is 0 Å². The van der Waals surface area contributed by atoms with Crippen LogP contribution in [0.5, 0.6) is 0 Å². The number of benzene rings is 1. The van der Waals surface area contributed by atoms with Gasteiger partial charge in [-0.1, -0.05) is 5.16 Å². The summed E-state index contributed by atoms with van der Waals surface area (Å²) in [6.07, 6.45) is 2.30. The fourth-order valence-electron chi connectivity index (χ4n) is 3.92. The Balaban J connectivity index is 1.65. The standard InChI is InChI=1S/C20H28N4O4S/c1-15-18(16(2)28-22-15)14-21-19-13-17(5-6-20(19)23-7-3-4-8-23)29(25,26)24-9-11-27-12-10-24/h5-6,13,21H,3-4,7-12,14H2,1-2H3. The Morgan fingerprint density at radius 1 is 1.10 bits per heavy atom. The van der Waals surface area contributed by atoms with Crippen LogP contribution in [0.25, 0.3) is 0 Å². The molecular formula is C20H28N4O4S. The zero-order valence-electron chi connectivity index (χ0n) is 17.0. The molecule has 2 aliphatic heterocycles. The summed E-state index contributed by atoms with van der Waals surface area (Å²) in [5.74, 6) is 0.773. The summed E-state index contributed by atoms with van der Waals surface area (Å²) >= 11 is 0. The van der Waals surface area contributed by atoms with Crippen molar-refractivity contribution in [2.75, 3.05) is 49.6 Å². The second kappa shape index (κ2) is 8.33. The van der Waals surface area contributed by atoms with Crippen LogP contribution in [0.15, 0.2) is 27.6 Å². The summed E-state index contributed by atoms with van der Waals surface area (Å²) in [6.45, 7) is 7.93. The maximum atomic E-state index is 13.1. The Kier molecular flexibility index (Phi) is 5.80. The molecule has 8 nitrogen and oxygen atoms in total. The summed E-state index contributed by atoms with van der Waals surface area (Å²) in [4.78, 5) is 2.62. The number of nitrogens with zero attached hydrogens (tertiary/aromatic N) is 3. The van der Waals surface area contributed by atoms with Gasteiger partial charge in [0.15, 0.2) is 0 Å². The third-order valence-electron chi connectivity index (χ3n) is 5.66. The van der Waals surface area contributed by atoms with E-state index in [1.807, 2.05) is 19.9 Å². The van der Waals surface area contributed by atoms with Gasteiger partial charge in [0.05, 0.1) is 35.2 Å². The van der Waals surface area contributed by atoms with Gasteiger partial charge in [-0.15, -0.1) is 0 Å². The first-order chi connectivity index (χ1) is 14.0. The number of sulfonamides is 1. The van der Waals surface area contributed by atoms with Crippen LogP contribution in [0.2, 0.25) is 0 Å². The van der Waals surface area contributed by atoms with Crippen LogP contribution in [0.4, 0.5) is 11.4 Å². The molecule has 2 aliphatic rings. The van der Waals surface area contributed by atoms with Gasteiger partial charge in [0.2, 0.25) is 10.0 Å². The van der Waals surface area contributed by atoms with Gasteiger partial charge in [-0.2, -0.15) is 4.31 Å². The van der Waals surface area contributed by atoms with Crippen LogP contribution in [0.1, 0.15) is 29.9 Å². The van der Waals surface area contributed by atoms with Gasteiger partial charge in [0.25, 0.3) is 0 Å². The van der Waals surface area contributed by atoms with Crippen molar-refractivity contribution in [3.05, 3.63) is 35.2 Å². The topological polar surface area (TPSA) is 87.9 Å². The van der Waals surface area contributed by atoms with E-state index >= 15 is 0 Å². The lowest BCUT2D eigenvalue weighted by molar-refractivity contribution is 0.0730. The second-order valence-electron chi connectivity index (χ2n) is 7.55. The summed E-state index contributed by atoms with van der Waals surface area (Å²) in [5, 5.41) is 7.45. The maximum absolute atomic E-state index is 13.1. The van der Waals surface area contributed by atoms with Crippen LogP contribution in [0.3, 0.4) is 0 Å². The Labute approximate surface area is 171 Å². The Bertz CT molecular complexity index is 941. The molecular weight excluding hydrogens is 392 g/mol. The van der Waals surface area contributed by atoms with E-state index in [4.69, 9.17) is 9.26 Å². The van der Waals surface area contributed by atoms with Crippen molar-refractivity contribution in [1.82, 2.24) is 9.46 Å². The number of rotatable bonds is 6. The maximum Gasteiger partial charge on any atom is 0.243 e. The van der Waals surface area contributed by atoms with Crippen LogP contribution in [-0.4, -0.2) is 57.3 Å². The highest BCUT2D eigenvalue weighted by Crippen LogP contribution is 2.33. The van der Waals surface area contributed by atoms with Crippen LogP contribution in [0, 0.1) is 13.8 Å². The predicted molar refractivity (Wildman–Crippen MR) is 111 cm³/mol. The van der Waals surface area contributed by atoms with Crippen molar-refractivity contribution in [2.45, 2.75) is 38.1 Å². The van der Waals surface area contributed by atoms with Crippen LogP contribution in [-0.2, 0) is 21.3 Å². The smallest absolute Gasteiger partial charge is 0.243 e. The van der Waals surface area contributed by atoms with E-state index in [9.17, 15) is 8.42 Å². The number of hydrogen-bond acceptors (Lipinski definition) is 7. The van der Waals surface area contributed by atoms with E-state index in [0.29, 0.717) is 37.7 Å². The van der Waals surface area contributed by atoms with Crippen molar-refractivity contribution in [3.63, 3.8) is 0 Å². The Hall–Kier alpha value is -2.10. The number of aromatic nitrogens is 1. The van der Waals surface area contributed by atoms with E-state index < -0.39 is 10.0 Å². The second-order valence-corrected chi connectivity index (χ2v) is 9.48. The Morgan fingerprint density at radius 3 is 2.48 bits per heavy atom. The van der Waals surface area contributed by atoms with E-state index in [0.717, 1.165) is 54.3 Å². The first-order valence-corrected chi connectivity index (χ1v) is 11.5. The van der Waals surface area contributed by atoms with Crippen molar-refractivity contribution >= 4 is 21.4 Å². The minimum atomic E-state index is -3.55. The number of nitrogens with one attached hydrogen (secondary N) is 1. The lowest BCUT2D eigenvalue weighted by Gasteiger charge is -2.27.